The summed E-state index contributed by atoms with van der Waals surface area (Å²) in [7, 11) is 1.33. The number of aromatic nitrogens is 1. The number of methoxy groups -OCH3 is 1. The minimum atomic E-state index is -4.66. The fourth-order valence-corrected chi connectivity index (χ4v) is 2.01. The smallest absolute Gasteiger partial charge is 0.418 e. The standard InChI is InChI=1S/C15H13F3N2O2/c1-9(22-2)10-7-13(20-6-4-3-5-14(20)21)11(8-12(10)19)15(16,17)18/h3-8H,1,19H2,2H3. The van der Waals surface area contributed by atoms with Gasteiger partial charge >= 0.3 is 6.18 Å². The van der Waals surface area contributed by atoms with Crippen LogP contribution in [0.4, 0.5) is 18.9 Å². The number of nitrogen functional groups attached to an aromatic ring is 1. The Morgan fingerprint density at radius 2 is 2.00 bits per heavy atom. The second-order valence-corrected chi connectivity index (χ2v) is 4.49. The number of nitrogens with zero attached hydrogens (tertiary/aromatic N) is 1. The van der Waals surface area contributed by atoms with Crippen molar-refractivity contribution in [2.75, 3.05) is 12.8 Å². The number of anilines is 1. The lowest BCUT2D eigenvalue weighted by atomic mass is 10.0. The average Bonchev–Trinajstić information content (AvgIpc) is 2.46. The van der Waals surface area contributed by atoms with Crippen LogP contribution >= 0.6 is 0 Å². The normalized spacial score (nSPS) is 11.3. The molecule has 0 fully saturated rings. The lowest BCUT2D eigenvalue weighted by Crippen LogP contribution is -2.21. The van der Waals surface area contributed by atoms with Gasteiger partial charge in [-0.15, -0.1) is 0 Å². The van der Waals surface area contributed by atoms with Gasteiger partial charge < -0.3 is 10.5 Å². The van der Waals surface area contributed by atoms with Gasteiger partial charge in [-0.3, -0.25) is 9.36 Å². The third-order valence-electron chi connectivity index (χ3n) is 3.10. The Balaban J connectivity index is 2.82. The number of hydrogen-bond acceptors (Lipinski definition) is 3. The minimum absolute atomic E-state index is 0.108. The zero-order valence-electron chi connectivity index (χ0n) is 11.6. The molecule has 1 aromatic heterocycles. The van der Waals surface area contributed by atoms with Crippen LogP contribution in [0.3, 0.4) is 0 Å². The van der Waals surface area contributed by atoms with Crippen LogP contribution in [0.25, 0.3) is 11.4 Å². The van der Waals surface area contributed by atoms with Crippen LogP contribution < -0.4 is 11.3 Å². The van der Waals surface area contributed by atoms with E-state index >= 15 is 0 Å². The van der Waals surface area contributed by atoms with Gasteiger partial charge in [0.2, 0.25) is 0 Å². The average molecular weight is 310 g/mol. The first kappa shape index (κ1) is 15.7. The van der Waals surface area contributed by atoms with Crippen LogP contribution in [-0.2, 0) is 10.9 Å². The Hall–Kier alpha value is -2.70. The molecule has 2 aromatic rings. The highest BCUT2D eigenvalue weighted by Crippen LogP contribution is 2.37. The molecule has 7 heteroatoms. The third-order valence-corrected chi connectivity index (χ3v) is 3.10. The van der Waals surface area contributed by atoms with E-state index in [1.165, 1.54) is 31.5 Å². The summed E-state index contributed by atoms with van der Waals surface area (Å²) in [5.41, 5.74) is 3.78. The topological polar surface area (TPSA) is 57.2 Å². The zero-order valence-corrected chi connectivity index (χ0v) is 11.6. The molecule has 2 rings (SSSR count). The summed E-state index contributed by atoms with van der Waals surface area (Å²) in [5, 5.41) is 0. The number of rotatable bonds is 3. The van der Waals surface area contributed by atoms with Gasteiger partial charge in [-0.25, -0.2) is 0 Å². The van der Waals surface area contributed by atoms with E-state index in [0.29, 0.717) is 0 Å². The summed E-state index contributed by atoms with van der Waals surface area (Å²) in [5.74, 6) is 0.108. The van der Waals surface area contributed by atoms with Gasteiger partial charge in [0.05, 0.1) is 18.4 Å². The van der Waals surface area contributed by atoms with Crippen molar-refractivity contribution in [1.29, 1.82) is 0 Å². The summed E-state index contributed by atoms with van der Waals surface area (Å²) in [6, 6.07) is 5.99. The molecule has 0 spiro atoms. The van der Waals surface area contributed by atoms with E-state index in [9.17, 15) is 18.0 Å². The zero-order chi connectivity index (χ0) is 16.5. The molecule has 0 amide bonds. The van der Waals surface area contributed by atoms with Crippen LogP contribution in [0.1, 0.15) is 11.1 Å². The second kappa shape index (κ2) is 5.59. The van der Waals surface area contributed by atoms with Crippen LogP contribution in [-0.4, -0.2) is 11.7 Å². The Morgan fingerprint density at radius 1 is 1.32 bits per heavy atom. The highest BCUT2D eigenvalue weighted by molar-refractivity contribution is 5.73. The predicted molar refractivity (Wildman–Crippen MR) is 77.5 cm³/mol. The van der Waals surface area contributed by atoms with Gasteiger partial charge in [-0.1, -0.05) is 12.6 Å². The first-order valence-corrected chi connectivity index (χ1v) is 6.17. The van der Waals surface area contributed by atoms with Crippen LogP contribution in [0.2, 0.25) is 0 Å². The van der Waals surface area contributed by atoms with Crippen LogP contribution in [0.5, 0.6) is 0 Å². The van der Waals surface area contributed by atoms with Crippen molar-refractivity contribution in [3.63, 3.8) is 0 Å². The van der Waals surface area contributed by atoms with Gasteiger partial charge in [0.25, 0.3) is 5.56 Å². The molecule has 0 aliphatic carbocycles. The molecule has 0 bridgehead atoms. The number of pyridine rings is 1. The van der Waals surface area contributed by atoms with Crippen molar-refractivity contribution >= 4 is 11.4 Å². The van der Waals surface area contributed by atoms with Crippen LogP contribution in [0.15, 0.2) is 47.9 Å². The summed E-state index contributed by atoms with van der Waals surface area (Å²) < 4.78 is 45.5. The van der Waals surface area contributed by atoms with Gasteiger partial charge in [0.1, 0.15) is 5.76 Å². The highest BCUT2D eigenvalue weighted by Gasteiger charge is 2.35. The van der Waals surface area contributed by atoms with Crippen LogP contribution in [0, 0.1) is 0 Å². The van der Waals surface area contributed by atoms with Gasteiger partial charge in [-0.2, -0.15) is 13.2 Å². The van der Waals surface area contributed by atoms with E-state index in [0.717, 1.165) is 16.7 Å². The van der Waals surface area contributed by atoms with E-state index in [4.69, 9.17) is 10.5 Å². The van der Waals surface area contributed by atoms with Crippen molar-refractivity contribution in [2.24, 2.45) is 0 Å². The Labute approximate surface area is 124 Å². The maximum Gasteiger partial charge on any atom is 0.418 e. The largest absolute Gasteiger partial charge is 0.497 e. The molecule has 0 aliphatic rings. The molecule has 0 atom stereocenters. The van der Waals surface area contributed by atoms with Crippen molar-refractivity contribution in [1.82, 2.24) is 4.57 Å². The molecule has 0 unspecified atom stereocenters. The van der Waals surface area contributed by atoms with Crippen molar-refractivity contribution in [3.05, 3.63) is 64.6 Å². The summed E-state index contributed by atoms with van der Waals surface area (Å²) >= 11 is 0. The fourth-order valence-electron chi connectivity index (χ4n) is 2.01. The number of halogens is 3. The number of ether oxygens (including phenoxy) is 1. The first-order chi connectivity index (χ1) is 10.3. The van der Waals surface area contributed by atoms with Gasteiger partial charge in [-0.05, 0) is 18.2 Å². The summed E-state index contributed by atoms with van der Waals surface area (Å²) in [4.78, 5) is 11.8. The van der Waals surface area contributed by atoms with Crippen molar-refractivity contribution in [2.45, 2.75) is 6.18 Å². The van der Waals surface area contributed by atoms with Gasteiger partial charge in [0, 0.05) is 23.5 Å². The lowest BCUT2D eigenvalue weighted by Gasteiger charge is -2.18. The van der Waals surface area contributed by atoms with E-state index in [2.05, 4.69) is 6.58 Å². The highest BCUT2D eigenvalue weighted by atomic mass is 19.4. The minimum Gasteiger partial charge on any atom is -0.497 e. The summed E-state index contributed by atoms with van der Waals surface area (Å²) in [6.45, 7) is 3.58. The molecule has 1 aromatic carbocycles. The molecule has 0 aliphatic heterocycles. The molecule has 22 heavy (non-hydrogen) atoms. The van der Waals surface area contributed by atoms with Crippen molar-refractivity contribution < 1.29 is 17.9 Å². The van der Waals surface area contributed by atoms with Crippen molar-refractivity contribution in [3.8, 4) is 5.69 Å². The molecular weight excluding hydrogens is 297 g/mol. The number of benzene rings is 1. The molecule has 2 N–H and O–H groups in total. The molecule has 1 heterocycles. The third kappa shape index (κ3) is 2.83. The maximum atomic E-state index is 13.2. The Morgan fingerprint density at radius 3 is 2.55 bits per heavy atom. The van der Waals surface area contributed by atoms with Gasteiger partial charge in [0.15, 0.2) is 0 Å². The number of hydrogen-bond donors (Lipinski definition) is 1. The molecule has 0 saturated heterocycles. The molecule has 0 saturated carbocycles. The SMILES string of the molecule is C=C(OC)c1cc(-n2ccccc2=O)c(C(F)(F)F)cc1N. The lowest BCUT2D eigenvalue weighted by molar-refractivity contribution is -0.137. The van der Waals surface area contributed by atoms with E-state index in [1.807, 2.05) is 0 Å². The fraction of sp³-hybridized carbons (Fsp3) is 0.133. The quantitative estimate of drug-likeness (QED) is 0.700. The maximum absolute atomic E-state index is 13.2. The second-order valence-electron chi connectivity index (χ2n) is 4.49. The molecule has 0 radical (unpaired) electrons. The number of nitrogens with two attached hydrogens (primary N) is 1. The van der Waals surface area contributed by atoms with E-state index in [-0.39, 0.29) is 22.7 Å². The Kier molecular flexibility index (Phi) is 3.99. The monoisotopic (exact) mass is 310 g/mol. The molecule has 116 valence electrons. The summed E-state index contributed by atoms with van der Waals surface area (Å²) in [6.07, 6.45) is -3.41. The predicted octanol–water partition coefficient (Wildman–Crippen LogP) is 3.06. The first-order valence-electron chi connectivity index (χ1n) is 6.17. The van der Waals surface area contributed by atoms with E-state index < -0.39 is 17.3 Å². The van der Waals surface area contributed by atoms with E-state index in [1.54, 1.807) is 0 Å². The number of alkyl halides is 3. The molecule has 4 nitrogen and oxygen atoms in total. The molecular formula is C15H13F3N2O2. The Bertz CT molecular complexity index is 779.